The van der Waals surface area contributed by atoms with E-state index in [0.29, 0.717) is 0 Å². The topological polar surface area (TPSA) is 237 Å². The minimum absolute atomic E-state index is 0.0291. The van der Waals surface area contributed by atoms with Crippen molar-refractivity contribution in [3.05, 3.63) is 0 Å². The highest BCUT2D eigenvalue weighted by atomic mass is 16.4. The zero-order valence-corrected chi connectivity index (χ0v) is 25.1. The van der Waals surface area contributed by atoms with Crippen LogP contribution in [0, 0.1) is 11.8 Å². The molecule has 8 N–H and O–H groups in total. The second-order valence-electron chi connectivity index (χ2n) is 11.6. The SMILES string of the molecule is CC(C)C[C@@H](NC(=O)[C@@H](CCC(=O)O)NC(=O)[C@@H](C(C)C)N1C[C@@H](NC(=O)C[C@@H](C)O)CC1=O)C(=O)N[C@H](C)C(N)=O. The number of hydrogen-bond acceptors (Lipinski definition) is 8. The number of primary amides is 1. The van der Waals surface area contributed by atoms with Gasteiger partial charge >= 0.3 is 5.97 Å². The summed E-state index contributed by atoms with van der Waals surface area (Å²) in [5.41, 5.74) is 5.22. The number of nitrogens with one attached hydrogen (secondary N) is 4. The average molecular weight is 599 g/mol. The maximum atomic E-state index is 13.5. The Hall–Kier alpha value is -3.75. The first kappa shape index (κ1) is 36.3. The van der Waals surface area contributed by atoms with Gasteiger partial charge in [-0.25, -0.2) is 0 Å². The number of carbonyl (C=O) groups excluding carboxylic acids is 6. The molecule has 0 unspecified atom stereocenters. The van der Waals surface area contributed by atoms with E-state index in [0.717, 1.165) is 0 Å². The first-order valence-electron chi connectivity index (χ1n) is 14.1. The van der Waals surface area contributed by atoms with Gasteiger partial charge in [0, 0.05) is 19.4 Å². The highest BCUT2D eigenvalue weighted by Crippen LogP contribution is 2.21. The summed E-state index contributed by atoms with van der Waals surface area (Å²) in [4.78, 5) is 88.5. The van der Waals surface area contributed by atoms with E-state index in [1.54, 1.807) is 13.8 Å². The lowest BCUT2D eigenvalue weighted by atomic mass is 9.99. The van der Waals surface area contributed by atoms with Crippen LogP contribution in [0.4, 0.5) is 0 Å². The van der Waals surface area contributed by atoms with Crippen LogP contribution in [0.1, 0.15) is 73.6 Å². The molecule has 238 valence electrons. The first-order chi connectivity index (χ1) is 19.4. The predicted molar refractivity (Wildman–Crippen MR) is 150 cm³/mol. The summed E-state index contributed by atoms with van der Waals surface area (Å²) in [5, 5.41) is 28.9. The van der Waals surface area contributed by atoms with Crippen LogP contribution < -0.4 is 27.0 Å². The molecule has 0 radical (unpaired) electrons. The number of carboxylic acids is 1. The van der Waals surface area contributed by atoms with Gasteiger partial charge in [0.15, 0.2) is 0 Å². The third-order valence-electron chi connectivity index (χ3n) is 6.65. The van der Waals surface area contributed by atoms with Gasteiger partial charge in [-0.3, -0.25) is 33.6 Å². The molecule has 1 aliphatic rings. The number of nitrogens with zero attached hydrogens (tertiary/aromatic N) is 1. The molecule has 0 aromatic heterocycles. The van der Waals surface area contributed by atoms with Gasteiger partial charge < -0.3 is 42.1 Å². The van der Waals surface area contributed by atoms with Gasteiger partial charge in [0.25, 0.3) is 0 Å². The van der Waals surface area contributed by atoms with Gasteiger partial charge in [-0.05, 0) is 38.5 Å². The van der Waals surface area contributed by atoms with Crippen molar-refractivity contribution in [2.24, 2.45) is 17.6 Å². The molecular formula is C27H46N6O9. The quantitative estimate of drug-likeness (QED) is 0.102. The molecule has 1 rings (SSSR count). The molecule has 6 atom stereocenters. The van der Waals surface area contributed by atoms with Gasteiger partial charge in [-0.15, -0.1) is 0 Å². The molecule has 0 aliphatic carbocycles. The third-order valence-corrected chi connectivity index (χ3v) is 6.65. The Morgan fingerprint density at radius 1 is 0.929 bits per heavy atom. The second kappa shape index (κ2) is 16.6. The number of carboxylic acid groups (broad SMARTS) is 1. The summed E-state index contributed by atoms with van der Waals surface area (Å²) >= 11 is 0. The minimum atomic E-state index is -1.36. The van der Waals surface area contributed by atoms with E-state index < -0.39 is 90.1 Å². The molecule has 15 heteroatoms. The van der Waals surface area contributed by atoms with Crippen molar-refractivity contribution in [2.75, 3.05) is 6.54 Å². The number of aliphatic hydroxyl groups is 1. The van der Waals surface area contributed by atoms with Gasteiger partial charge in [0.2, 0.25) is 35.4 Å². The number of nitrogens with two attached hydrogens (primary N) is 1. The van der Waals surface area contributed by atoms with E-state index in [2.05, 4.69) is 21.3 Å². The van der Waals surface area contributed by atoms with Crippen molar-refractivity contribution in [1.29, 1.82) is 0 Å². The highest BCUT2D eigenvalue weighted by Gasteiger charge is 2.41. The fraction of sp³-hybridized carbons (Fsp3) is 0.741. The van der Waals surface area contributed by atoms with Crippen LogP contribution in [0.25, 0.3) is 0 Å². The number of hydrogen-bond donors (Lipinski definition) is 7. The zero-order chi connectivity index (χ0) is 32.3. The average Bonchev–Trinajstić information content (AvgIpc) is 3.18. The van der Waals surface area contributed by atoms with Crippen molar-refractivity contribution < 1.29 is 43.8 Å². The van der Waals surface area contributed by atoms with Crippen molar-refractivity contribution >= 4 is 41.4 Å². The lowest BCUT2D eigenvalue weighted by Gasteiger charge is -2.32. The standard InChI is InChI=1S/C27H46N6O9/c1-13(2)9-19(26(41)29-16(6)24(28)39)32-25(40)18(7-8-22(37)38)31-27(42)23(14(3)4)33-12-17(11-21(33)36)30-20(35)10-15(5)34/h13-19,23,34H,7-12H2,1-6H3,(H2,28,39)(H,29,41)(H,30,35)(H,31,42)(H,32,40)(H,37,38)/t15-,16-,17+,18-,19-,23-/m1/s1. The molecule has 1 aliphatic heterocycles. The van der Waals surface area contributed by atoms with Crippen LogP contribution in [0.15, 0.2) is 0 Å². The van der Waals surface area contributed by atoms with Crippen LogP contribution in [-0.4, -0.2) is 99.4 Å². The van der Waals surface area contributed by atoms with E-state index in [9.17, 15) is 43.8 Å². The minimum Gasteiger partial charge on any atom is -0.481 e. The Balaban J connectivity index is 3.12. The van der Waals surface area contributed by atoms with Crippen molar-refractivity contribution in [1.82, 2.24) is 26.2 Å². The smallest absolute Gasteiger partial charge is 0.303 e. The van der Waals surface area contributed by atoms with Crippen LogP contribution in [0.5, 0.6) is 0 Å². The predicted octanol–water partition coefficient (Wildman–Crippen LogP) is -1.63. The summed E-state index contributed by atoms with van der Waals surface area (Å²) in [7, 11) is 0. The maximum Gasteiger partial charge on any atom is 0.303 e. The number of likely N-dealkylation sites (tertiary alicyclic amines) is 1. The zero-order valence-electron chi connectivity index (χ0n) is 25.1. The Kier molecular flexibility index (Phi) is 14.4. The molecule has 42 heavy (non-hydrogen) atoms. The van der Waals surface area contributed by atoms with E-state index in [1.807, 2.05) is 13.8 Å². The molecule has 0 saturated carbocycles. The summed E-state index contributed by atoms with van der Waals surface area (Å²) in [6.45, 7) is 9.90. The molecule has 0 spiro atoms. The molecule has 0 bridgehead atoms. The summed E-state index contributed by atoms with van der Waals surface area (Å²) in [5.74, 6) is -5.47. The molecular weight excluding hydrogens is 552 g/mol. The van der Waals surface area contributed by atoms with Gasteiger partial charge in [0.05, 0.1) is 18.6 Å². The van der Waals surface area contributed by atoms with Crippen LogP contribution in [0.3, 0.4) is 0 Å². The largest absolute Gasteiger partial charge is 0.481 e. The van der Waals surface area contributed by atoms with Crippen LogP contribution in [-0.2, 0) is 33.6 Å². The third kappa shape index (κ3) is 12.0. The maximum absolute atomic E-state index is 13.5. The number of carbonyl (C=O) groups is 7. The normalized spacial score (nSPS) is 18.5. The fourth-order valence-electron chi connectivity index (χ4n) is 4.61. The summed E-state index contributed by atoms with van der Waals surface area (Å²) < 4.78 is 0. The molecule has 1 saturated heterocycles. The van der Waals surface area contributed by atoms with Gasteiger partial charge in [-0.2, -0.15) is 0 Å². The Bertz CT molecular complexity index is 1020. The lowest BCUT2D eigenvalue weighted by Crippen LogP contribution is -2.59. The van der Waals surface area contributed by atoms with Crippen LogP contribution >= 0.6 is 0 Å². The number of aliphatic hydroxyl groups excluding tert-OH is 1. The van der Waals surface area contributed by atoms with Crippen molar-refractivity contribution in [3.8, 4) is 0 Å². The van der Waals surface area contributed by atoms with Crippen LogP contribution in [0.2, 0.25) is 0 Å². The van der Waals surface area contributed by atoms with Crippen molar-refractivity contribution in [3.63, 3.8) is 0 Å². The Morgan fingerprint density at radius 3 is 2.00 bits per heavy atom. The van der Waals surface area contributed by atoms with Gasteiger partial charge in [0.1, 0.15) is 24.2 Å². The Morgan fingerprint density at radius 2 is 1.50 bits per heavy atom. The second-order valence-corrected chi connectivity index (χ2v) is 11.6. The van der Waals surface area contributed by atoms with E-state index in [4.69, 9.17) is 5.73 Å². The van der Waals surface area contributed by atoms with Gasteiger partial charge in [-0.1, -0.05) is 27.7 Å². The number of amides is 6. The first-order valence-corrected chi connectivity index (χ1v) is 14.1. The highest BCUT2D eigenvalue weighted by molar-refractivity contribution is 5.96. The van der Waals surface area contributed by atoms with E-state index in [-0.39, 0.29) is 38.1 Å². The van der Waals surface area contributed by atoms with Crippen molar-refractivity contribution in [2.45, 2.75) is 110 Å². The molecule has 1 fully saturated rings. The molecule has 1 heterocycles. The number of rotatable bonds is 17. The molecule has 6 amide bonds. The summed E-state index contributed by atoms with van der Waals surface area (Å²) in [6, 6.07) is -5.08. The Labute approximate surface area is 245 Å². The molecule has 0 aromatic rings. The summed E-state index contributed by atoms with van der Waals surface area (Å²) in [6.07, 6.45) is -1.64. The van der Waals surface area contributed by atoms with E-state index >= 15 is 0 Å². The number of aliphatic carboxylic acids is 1. The van der Waals surface area contributed by atoms with E-state index in [1.165, 1.54) is 18.7 Å². The monoisotopic (exact) mass is 598 g/mol. The lowest BCUT2D eigenvalue weighted by molar-refractivity contribution is -0.141. The fourth-order valence-corrected chi connectivity index (χ4v) is 4.61. The molecule has 0 aromatic carbocycles. The molecule has 15 nitrogen and oxygen atoms in total.